The molecule has 1 saturated carbocycles. The van der Waals surface area contributed by atoms with Gasteiger partial charge in [0, 0.05) is 64.0 Å². The number of benzene rings is 1. The van der Waals surface area contributed by atoms with Gasteiger partial charge in [0.25, 0.3) is 11.8 Å². The molecule has 4 heterocycles. The molecular formula is C33H41F2N5O5. The molecule has 242 valence electrons. The van der Waals surface area contributed by atoms with E-state index in [-0.39, 0.29) is 43.5 Å². The molecule has 1 aromatic carbocycles. The Kier molecular flexibility index (Phi) is 9.09. The predicted octanol–water partition coefficient (Wildman–Crippen LogP) is 3.64. The number of rotatable bonds is 9. The highest BCUT2D eigenvalue weighted by Gasteiger charge is 2.54. The molecule has 10 nitrogen and oxygen atoms in total. The van der Waals surface area contributed by atoms with Crippen molar-refractivity contribution < 1.29 is 32.7 Å². The van der Waals surface area contributed by atoms with Crippen LogP contribution in [0.2, 0.25) is 0 Å². The fourth-order valence-electron chi connectivity index (χ4n) is 7.87. The van der Waals surface area contributed by atoms with Crippen LogP contribution in [-0.2, 0) is 20.9 Å². The van der Waals surface area contributed by atoms with Gasteiger partial charge >= 0.3 is 0 Å². The van der Waals surface area contributed by atoms with Gasteiger partial charge in [0.2, 0.25) is 17.7 Å². The van der Waals surface area contributed by atoms with Crippen LogP contribution in [0.25, 0.3) is 0 Å². The Labute approximate surface area is 262 Å². The molecular weight excluding hydrogens is 584 g/mol. The Balaban J connectivity index is 1.04. The number of halogens is 2. The van der Waals surface area contributed by atoms with E-state index in [1.165, 1.54) is 4.90 Å². The molecule has 5 aliphatic rings. The first-order valence-corrected chi connectivity index (χ1v) is 16.4. The first-order chi connectivity index (χ1) is 21.6. The maximum absolute atomic E-state index is 15.4. The van der Waals surface area contributed by atoms with Crippen LogP contribution in [0, 0.1) is 23.2 Å². The summed E-state index contributed by atoms with van der Waals surface area (Å²) >= 11 is 0. The second-order valence-corrected chi connectivity index (χ2v) is 13.3. The van der Waals surface area contributed by atoms with Crippen molar-refractivity contribution in [3.63, 3.8) is 0 Å². The van der Waals surface area contributed by atoms with E-state index < -0.39 is 30.0 Å². The number of nitrogens with one attached hydrogen (secondary N) is 1. The number of imide groups is 1. The second kappa shape index (κ2) is 13.0. The van der Waals surface area contributed by atoms with Crippen molar-refractivity contribution >= 4 is 23.6 Å². The number of alkyl halides is 2. The molecule has 0 bridgehead atoms. The molecule has 45 heavy (non-hydrogen) atoms. The van der Waals surface area contributed by atoms with Crippen LogP contribution in [0.4, 0.5) is 8.78 Å². The molecule has 1 aromatic rings. The maximum Gasteiger partial charge on any atom is 0.266 e. The molecule has 6 rings (SSSR count). The number of hydrogen-bond acceptors (Lipinski definition) is 7. The van der Waals surface area contributed by atoms with Gasteiger partial charge in [0.05, 0.1) is 6.07 Å². The number of nitriles is 1. The average Bonchev–Trinajstić information content (AvgIpc) is 3.31. The van der Waals surface area contributed by atoms with E-state index in [0.29, 0.717) is 80.6 Å². The van der Waals surface area contributed by atoms with Crippen LogP contribution in [0.1, 0.15) is 86.6 Å². The summed E-state index contributed by atoms with van der Waals surface area (Å²) < 4.78 is 37.2. The lowest BCUT2D eigenvalue weighted by Crippen LogP contribution is -2.66. The van der Waals surface area contributed by atoms with Crippen molar-refractivity contribution in [1.82, 2.24) is 20.0 Å². The number of unbranched alkanes of at least 4 members (excludes halogenated alkanes) is 2. The molecule has 1 unspecified atom stereocenters. The van der Waals surface area contributed by atoms with E-state index in [1.54, 1.807) is 18.2 Å². The van der Waals surface area contributed by atoms with Crippen LogP contribution in [0.15, 0.2) is 18.2 Å². The van der Waals surface area contributed by atoms with Crippen molar-refractivity contribution in [2.24, 2.45) is 11.8 Å². The second-order valence-electron chi connectivity index (χ2n) is 13.3. The highest BCUT2D eigenvalue weighted by molar-refractivity contribution is 6.05. The van der Waals surface area contributed by atoms with Crippen molar-refractivity contribution in [1.29, 1.82) is 5.26 Å². The Morgan fingerprint density at radius 3 is 2.58 bits per heavy atom. The summed E-state index contributed by atoms with van der Waals surface area (Å²) in [6.07, 6.45) is 4.61. The zero-order valence-corrected chi connectivity index (χ0v) is 25.5. The van der Waals surface area contributed by atoms with Gasteiger partial charge in [-0.25, -0.2) is 8.78 Å². The fourth-order valence-corrected chi connectivity index (χ4v) is 7.87. The molecule has 0 radical (unpaired) electrons. The van der Waals surface area contributed by atoms with E-state index in [2.05, 4.69) is 11.4 Å². The van der Waals surface area contributed by atoms with Crippen molar-refractivity contribution in [3.8, 4) is 11.8 Å². The number of nitrogens with zero attached hydrogens (tertiary/aromatic N) is 4. The summed E-state index contributed by atoms with van der Waals surface area (Å²) in [4.78, 5) is 54.8. The highest BCUT2D eigenvalue weighted by atomic mass is 19.3. The Morgan fingerprint density at radius 1 is 1.07 bits per heavy atom. The maximum atomic E-state index is 15.4. The summed E-state index contributed by atoms with van der Waals surface area (Å²) in [7, 11) is 0. The number of hydrogen-bond donors (Lipinski definition) is 1. The quantitative estimate of drug-likeness (QED) is 0.329. The minimum absolute atomic E-state index is 0.142. The number of piperidine rings is 2. The van der Waals surface area contributed by atoms with E-state index in [9.17, 15) is 19.2 Å². The Morgan fingerprint density at radius 2 is 1.84 bits per heavy atom. The third kappa shape index (κ3) is 6.55. The minimum atomic E-state index is -2.88. The normalized spacial score (nSPS) is 27.5. The van der Waals surface area contributed by atoms with E-state index >= 15 is 8.78 Å². The molecule has 0 spiro atoms. The topological polar surface area (TPSA) is 123 Å². The summed E-state index contributed by atoms with van der Waals surface area (Å²) in [6, 6.07) is 5.36. The van der Waals surface area contributed by atoms with Crippen LogP contribution in [0.5, 0.6) is 5.75 Å². The fraction of sp³-hybridized carbons (Fsp3) is 0.667. The lowest BCUT2D eigenvalue weighted by atomic mass is 9.76. The smallest absolute Gasteiger partial charge is 0.266 e. The van der Waals surface area contributed by atoms with Crippen molar-refractivity contribution in [2.75, 3.05) is 26.2 Å². The van der Waals surface area contributed by atoms with Crippen molar-refractivity contribution in [2.45, 2.75) is 101 Å². The molecule has 4 aliphatic heterocycles. The highest BCUT2D eigenvalue weighted by Crippen LogP contribution is 2.43. The molecule has 4 amide bonds. The Bertz CT molecular complexity index is 1370. The number of likely N-dealkylation sites (tertiary alicyclic amines) is 2. The molecule has 3 atom stereocenters. The lowest BCUT2D eigenvalue weighted by Gasteiger charge is -2.53. The van der Waals surface area contributed by atoms with Crippen molar-refractivity contribution in [3.05, 3.63) is 29.3 Å². The third-order valence-electron chi connectivity index (χ3n) is 10.4. The van der Waals surface area contributed by atoms with E-state index in [4.69, 9.17) is 10.00 Å². The van der Waals surface area contributed by atoms with Crippen LogP contribution in [-0.4, -0.2) is 88.6 Å². The molecule has 1 aliphatic carbocycles. The van der Waals surface area contributed by atoms with Gasteiger partial charge in [0.15, 0.2) is 0 Å². The van der Waals surface area contributed by atoms with Crippen LogP contribution >= 0.6 is 0 Å². The summed E-state index contributed by atoms with van der Waals surface area (Å²) in [5.41, 5.74) is 1.13. The van der Waals surface area contributed by atoms with Gasteiger partial charge in [-0.15, -0.1) is 0 Å². The van der Waals surface area contributed by atoms with Gasteiger partial charge < -0.3 is 14.5 Å². The number of fused-ring (bicyclic) bond motifs is 1. The summed E-state index contributed by atoms with van der Waals surface area (Å²) in [6.45, 7) is 2.77. The Hall–Kier alpha value is -3.59. The predicted molar refractivity (Wildman–Crippen MR) is 158 cm³/mol. The zero-order valence-electron chi connectivity index (χ0n) is 25.5. The van der Waals surface area contributed by atoms with Gasteiger partial charge in [-0.05, 0) is 80.5 Å². The number of carbonyl (C=O) groups excluding carboxylic acids is 4. The summed E-state index contributed by atoms with van der Waals surface area (Å²) in [5.74, 6) is -2.70. The molecule has 3 saturated heterocycles. The van der Waals surface area contributed by atoms with Gasteiger partial charge in [-0.3, -0.25) is 29.4 Å². The van der Waals surface area contributed by atoms with Crippen LogP contribution < -0.4 is 10.1 Å². The largest absolute Gasteiger partial charge is 0.489 e. The SMILES string of the molecule is N#CCCCCC(=O)N1CCC(C2CN([C@H]3[C@H](Oc4ccc5c(c4)CN(C4CCC(=O)NC4=O)C5=O)CCCC3(F)F)C2)CC1. The molecule has 4 fully saturated rings. The standard InChI is InChI=1S/C33H41F2N5O5/c34-33(35)13-4-5-27(30(33)39-18-23(19-39)21-11-15-38(16-12-21)29(42)6-2-1-3-14-36)45-24-7-8-25-22(17-24)20-40(32(25)44)26-9-10-28(41)37-31(26)43/h7-8,17,21,23,26-27,30H,1-6,9-13,15-16,18-20H2,(H,37,41,43)/t26?,27-,30+/m1/s1. The third-order valence-corrected chi connectivity index (χ3v) is 10.4. The first-order valence-electron chi connectivity index (χ1n) is 16.4. The lowest BCUT2D eigenvalue weighted by molar-refractivity contribution is -0.172. The van der Waals surface area contributed by atoms with Gasteiger partial charge in [-0.1, -0.05) is 0 Å². The molecule has 1 N–H and O–H groups in total. The summed E-state index contributed by atoms with van der Waals surface area (Å²) in [5, 5.41) is 11.0. The van der Waals surface area contributed by atoms with E-state index in [0.717, 1.165) is 25.7 Å². The van der Waals surface area contributed by atoms with Gasteiger partial charge in [0.1, 0.15) is 23.9 Å². The van der Waals surface area contributed by atoms with Gasteiger partial charge in [-0.2, -0.15) is 5.26 Å². The number of ether oxygens (including phenoxy) is 1. The number of carbonyl (C=O) groups is 4. The molecule has 0 aromatic heterocycles. The average molecular weight is 626 g/mol. The first kappa shape index (κ1) is 31.4. The number of amides is 4. The van der Waals surface area contributed by atoms with Crippen LogP contribution in [0.3, 0.4) is 0 Å². The minimum Gasteiger partial charge on any atom is -0.489 e. The monoisotopic (exact) mass is 625 g/mol. The molecule has 12 heteroatoms. The van der Waals surface area contributed by atoms with E-state index in [1.807, 2.05) is 9.80 Å². The zero-order chi connectivity index (χ0) is 31.7.